The van der Waals surface area contributed by atoms with Crippen LogP contribution >= 0.6 is 0 Å². The van der Waals surface area contributed by atoms with E-state index in [1.165, 1.54) is 16.3 Å². The van der Waals surface area contributed by atoms with Gasteiger partial charge in [0.1, 0.15) is 0 Å². The zero-order valence-corrected chi connectivity index (χ0v) is 12.7. The van der Waals surface area contributed by atoms with E-state index in [-0.39, 0.29) is 5.54 Å². The molecule has 2 nitrogen and oxygen atoms in total. The van der Waals surface area contributed by atoms with E-state index < -0.39 is 0 Å². The molecular formula is C18H24N2. The van der Waals surface area contributed by atoms with Crippen LogP contribution in [0.2, 0.25) is 0 Å². The predicted molar refractivity (Wildman–Crippen MR) is 86.0 cm³/mol. The maximum Gasteiger partial charge on any atom is 0.0332 e. The van der Waals surface area contributed by atoms with Crippen molar-refractivity contribution in [1.82, 2.24) is 10.2 Å². The van der Waals surface area contributed by atoms with Crippen molar-refractivity contribution in [3.8, 4) is 0 Å². The van der Waals surface area contributed by atoms with E-state index in [2.05, 4.69) is 73.5 Å². The number of hydrogen-bond acceptors (Lipinski definition) is 2. The summed E-state index contributed by atoms with van der Waals surface area (Å²) in [5.41, 5.74) is 1.65. The molecule has 0 bridgehead atoms. The molecule has 1 fully saturated rings. The molecule has 1 aliphatic heterocycles. The Kier molecular flexibility index (Phi) is 3.53. The standard InChI is InChI=1S/C18H24N2/c1-14(20-12-11-19-13-18(20,2)3)16-10-6-8-15-7-4-5-9-17(15)16/h4-10,14,19H,11-13H2,1-3H3. The van der Waals surface area contributed by atoms with Crippen LogP contribution in [0.15, 0.2) is 42.5 Å². The molecule has 1 unspecified atom stereocenters. The zero-order chi connectivity index (χ0) is 14.2. The van der Waals surface area contributed by atoms with Crippen molar-refractivity contribution in [2.45, 2.75) is 32.4 Å². The molecule has 0 aromatic heterocycles. The highest BCUT2D eigenvalue weighted by molar-refractivity contribution is 5.86. The van der Waals surface area contributed by atoms with Gasteiger partial charge in [-0.05, 0) is 37.1 Å². The molecule has 0 saturated carbocycles. The number of fused-ring (bicyclic) bond motifs is 1. The summed E-state index contributed by atoms with van der Waals surface area (Å²) in [6, 6.07) is 15.8. The summed E-state index contributed by atoms with van der Waals surface area (Å²) in [6.45, 7) is 10.3. The number of hydrogen-bond donors (Lipinski definition) is 1. The number of nitrogens with zero attached hydrogens (tertiary/aromatic N) is 1. The second kappa shape index (κ2) is 5.19. The number of benzene rings is 2. The Morgan fingerprint density at radius 3 is 2.65 bits per heavy atom. The maximum absolute atomic E-state index is 3.51. The molecule has 20 heavy (non-hydrogen) atoms. The van der Waals surface area contributed by atoms with Gasteiger partial charge < -0.3 is 5.32 Å². The molecule has 2 aromatic carbocycles. The van der Waals surface area contributed by atoms with Gasteiger partial charge in [0.15, 0.2) is 0 Å². The molecule has 1 heterocycles. The molecule has 2 aromatic rings. The van der Waals surface area contributed by atoms with Gasteiger partial charge in [0.05, 0.1) is 0 Å². The highest BCUT2D eigenvalue weighted by Gasteiger charge is 2.33. The van der Waals surface area contributed by atoms with Gasteiger partial charge in [0.2, 0.25) is 0 Å². The van der Waals surface area contributed by atoms with Crippen LogP contribution in [0, 0.1) is 0 Å². The lowest BCUT2D eigenvalue weighted by molar-refractivity contribution is 0.0522. The van der Waals surface area contributed by atoms with E-state index in [1.54, 1.807) is 0 Å². The van der Waals surface area contributed by atoms with Crippen LogP contribution in [0.4, 0.5) is 0 Å². The molecule has 106 valence electrons. The summed E-state index contributed by atoms with van der Waals surface area (Å²) in [6.07, 6.45) is 0. The Balaban J connectivity index is 2.02. The lowest BCUT2D eigenvalue weighted by atomic mass is 9.92. The minimum absolute atomic E-state index is 0.203. The average molecular weight is 268 g/mol. The van der Waals surface area contributed by atoms with Gasteiger partial charge in [-0.25, -0.2) is 0 Å². The second-order valence-electron chi connectivity index (χ2n) is 6.43. The number of piperazine rings is 1. The van der Waals surface area contributed by atoms with Crippen LogP contribution in [0.1, 0.15) is 32.4 Å². The van der Waals surface area contributed by atoms with Crippen molar-refractivity contribution in [3.63, 3.8) is 0 Å². The molecule has 1 saturated heterocycles. The van der Waals surface area contributed by atoms with E-state index in [0.717, 1.165) is 19.6 Å². The van der Waals surface area contributed by atoms with Crippen molar-refractivity contribution in [2.24, 2.45) is 0 Å². The lowest BCUT2D eigenvalue weighted by Crippen LogP contribution is -2.58. The summed E-state index contributed by atoms with van der Waals surface area (Å²) in [5.74, 6) is 0. The second-order valence-corrected chi connectivity index (χ2v) is 6.43. The van der Waals surface area contributed by atoms with E-state index in [0.29, 0.717) is 6.04 Å². The fourth-order valence-corrected chi connectivity index (χ4v) is 3.50. The van der Waals surface area contributed by atoms with Gasteiger partial charge in [0, 0.05) is 31.2 Å². The van der Waals surface area contributed by atoms with Crippen LogP contribution < -0.4 is 5.32 Å². The Hall–Kier alpha value is -1.38. The van der Waals surface area contributed by atoms with E-state index >= 15 is 0 Å². The minimum Gasteiger partial charge on any atom is -0.314 e. The van der Waals surface area contributed by atoms with Gasteiger partial charge >= 0.3 is 0 Å². The van der Waals surface area contributed by atoms with Gasteiger partial charge in [-0.2, -0.15) is 0 Å². The van der Waals surface area contributed by atoms with Crippen molar-refractivity contribution in [1.29, 1.82) is 0 Å². The molecule has 2 heteroatoms. The summed E-state index contributed by atoms with van der Waals surface area (Å²) >= 11 is 0. The molecule has 1 aliphatic rings. The molecule has 0 radical (unpaired) electrons. The third-order valence-electron chi connectivity index (χ3n) is 4.61. The van der Waals surface area contributed by atoms with Crippen molar-refractivity contribution in [3.05, 3.63) is 48.0 Å². The first-order valence-corrected chi connectivity index (χ1v) is 7.55. The lowest BCUT2D eigenvalue weighted by Gasteiger charge is -2.46. The van der Waals surface area contributed by atoms with E-state index in [4.69, 9.17) is 0 Å². The van der Waals surface area contributed by atoms with Gasteiger partial charge in [-0.15, -0.1) is 0 Å². The maximum atomic E-state index is 3.51. The first kappa shape index (κ1) is 13.6. The first-order chi connectivity index (χ1) is 9.59. The Labute approximate surface area is 121 Å². The predicted octanol–water partition coefficient (Wildman–Crippen LogP) is 3.58. The molecule has 1 N–H and O–H groups in total. The highest BCUT2D eigenvalue weighted by Crippen LogP contribution is 2.32. The van der Waals surface area contributed by atoms with Gasteiger partial charge in [-0.3, -0.25) is 4.90 Å². The topological polar surface area (TPSA) is 15.3 Å². The van der Waals surface area contributed by atoms with Crippen molar-refractivity contribution >= 4 is 10.8 Å². The summed E-state index contributed by atoms with van der Waals surface area (Å²) < 4.78 is 0. The molecular weight excluding hydrogens is 244 g/mol. The zero-order valence-electron chi connectivity index (χ0n) is 12.7. The molecule has 0 spiro atoms. The molecule has 1 atom stereocenters. The largest absolute Gasteiger partial charge is 0.314 e. The van der Waals surface area contributed by atoms with Crippen LogP contribution in [0.5, 0.6) is 0 Å². The Morgan fingerprint density at radius 2 is 1.85 bits per heavy atom. The van der Waals surface area contributed by atoms with Gasteiger partial charge in [0.25, 0.3) is 0 Å². The third-order valence-corrected chi connectivity index (χ3v) is 4.61. The summed E-state index contributed by atoms with van der Waals surface area (Å²) in [5, 5.41) is 6.23. The van der Waals surface area contributed by atoms with Crippen LogP contribution in [-0.2, 0) is 0 Å². The quantitative estimate of drug-likeness (QED) is 0.895. The average Bonchev–Trinajstić information content (AvgIpc) is 2.45. The van der Waals surface area contributed by atoms with Crippen LogP contribution in [0.25, 0.3) is 10.8 Å². The van der Waals surface area contributed by atoms with Crippen LogP contribution in [0.3, 0.4) is 0 Å². The highest BCUT2D eigenvalue weighted by atomic mass is 15.3. The Bertz CT molecular complexity index is 598. The number of rotatable bonds is 2. The third kappa shape index (κ3) is 2.34. The fourth-order valence-electron chi connectivity index (χ4n) is 3.50. The van der Waals surface area contributed by atoms with Crippen LogP contribution in [-0.4, -0.2) is 30.1 Å². The van der Waals surface area contributed by atoms with E-state index in [1.807, 2.05) is 0 Å². The normalized spacial score (nSPS) is 20.9. The Morgan fingerprint density at radius 1 is 1.10 bits per heavy atom. The first-order valence-electron chi connectivity index (χ1n) is 7.55. The molecule has 0 aliphatic carbocycles. The molecule has 3 rings (SSSR count). The molecule has 0 amide bonds. The van der Waals surface area contributed by atoms with Crippen molar-refractivity contribution < 1.29 is 0 Å². The fraction of sp³-hybridized carbons (Fsp3) is 0.444. The SMILES string of the molecule is CC(c1cccc2ccccc12)N1CCNCC1(C)C. The van der Waals surface area contributed by atoms with Gasteiger partial charge in [-0.1, -0.05) is 42.5 Å². The monoisotopic (exact) mass is 268 g/mol. The van der Waals surface area contributed by atoms with E-state index in [9.17, 15) is 0 Å². The summed E-state index contributed by atoms with van der Waals surface area (Å²) in [7, 11) is 0. The number of nitrogens with one attached hydrogen (secondary N) is 1. The smallest absolute Gasteiger partial charge is 0.0332 e. The van der Waals surface area contributed by atoms with Crippen molar-refractivity contribution in [2.75, 3.05) is 19.6 Å². The summed E-state index contributed by atoms with van der Waals surface area (Å²) in [4.78, 5) is 2.63. The minimum atomic E-state index is 0.203.